The molecule has 2 rings (SSSR count). The molecule has 2 aromatic rings. The van der Waals surface area contributed by atoms with E-state index in [9.17, 15) is 18.0 Å². The van der Waals surface area contributed by atoms with Crippen LogP contribution >= 0.6 is 15.9 Å². The fourth-order valence-corrected chi connectivity index (χ4v) is 3.04. The molecule has 1 amide bonds. The van der Waals surface area contributed by atoms with Crippen molar-refractivity contribution in [3.8, 4) is 0 Å². The summed E-state index contributed by atoms with van der Waals surface area (Å²) in [6, 6.07) is 6.08. The van der Waals surface area contributed by atoms with Crippen LogP contribution in [0.2, 0.25) is 0 Å². The van der Waals surface area contributed by atoms with E-state index in [4.69, 9.17) is 5.90 Å². The molecule has 0 saturated carbocycles. The number of nitrogens with zero attached hydrogens (tertiary/aromatic N) is 1. The molecule has 0 fully saturated rings. The largest absolute Gasteiger partial charge is 0.433 e. The van der Waals surface area contributed by atoms with Gasteiger partial charge in [-0.25, -0.2) is 5.90 Å². The number of carbonyl (C=O) groups is 1. The maximum Gasteiger partial charge on any atom is 0.433 e. The van der Waals surface area contributed by atoms with Gasteiger partial charge >= 0.3 is 6.18 Å². The Kier molecular flexibility index (Phi) is 6.96. The SMILES string of the molecule is Cc1ccc(CC(CON)NC(=O)c2cc(C(F)(F)F)ncc2Br)c(C)c1. The Morgan fingerprint density at radius 2 is 2.04 bits per heavy atom. The van der Waals surface area contributed by atoms with Gasteiger partial charge in [0.25, 0.3) is 5.91 Å². The molecule has 9 heteroatoms. The minimum Gasteiger partial charge on any atom is -0.347 e. The van der Waals surface area contributed by atoms with Gasteiger partial charge in [-0.05, 0) is 53.4 Å². The first-order valence-corrected chi connectivity index (χ1v) is 8.82. The van der Waals surface area contributed by atoms with E-state index in [1.807, 2.05) is 32.0 Å². The molecule has 0 radical (unpaired) electrons. The maximum atomic E-state index is 12.9. The van der Waals surface area contributed by atoms with Gasteiger partial charge in [-0.2, -0.15) is 13.2 Å². The number of benzene rings is 1. The summed E-state index contributed by atoms with van der Waals surface area (Å²) < 4.78 is 38.8. The molecule has 1 aromatic carbocycles. The summed E-state index contributed by atoms with van der Waals surface area (Å²) in [5.74, 6) is 4.47. The smallest absolute Gasteiger partial charge is 0.347 e. The third kappa shape index (κ3) is 5.75. The van der Waals surface area contributed by atoms with Crippen molar-refractivity contribution >= 4 is 21.8 Å². The predicted molar refractivity (Wildman–Crippen MR) is 98.0 cm³/mol. The molecular formula is C18H19BrF3N3O2. The molecular weight excluding hydrogens is 427 g/mol. The fourth-order valence-electron chi connectivity index (χ4n) is 2.64. The highest BCUT2D eigenvalue weighted by Gasteiger charge is 2.33. The van der Waals surface area contributed by atoms with Gasteiger partial charge in [-0.3, -0.25) is 9.78 Å². The number of nitrogens with two attached hydrogens (primary N) is 1. The molecule has 1 atom stereocenters. The average molecular weight is 446 g/mol. The van der Waals surface area contributed by atoms with Crippen LogP contribution in [0.25, 0.3) is 0 Å². The Balaban J connectivity index is 2.22. The van der Waals surface area contributed by atoms with Gasteiger partial charge in [-0.15, -0.1) is 0 Å². The van der Waals surface area contributed by atoms with Gasteiger partial charge < -0.3 is 10.2 Å². The number of halogens is 4. The lowest BCUT2D eigenvalue weighted by Crippen LogP contribution is -2.41. The van der Waals surface area contributed by atoms with E-state index in [2.05, 4.69) is 31.1 Å². The van der Waals surface area contributed by atoms with Crippen molar-refractivity contribution in [1.29, 1.82) is 0 Å². The third-order valence-electron chi connectivity index (χ3n) is 3.99. The molecule has 0 aliphatic carbocycles. The summed E-state index contributed by atoms with van der Waals surface area (Å²) in [5.41, 5.74) is 1.81. The maximum absolute atomic E-state index is 12.9. The first kappa shape index (κ1) is 21.3. The molecule has 1 unspecified atom stereocenters. The number of hydrogen-bond acceptors (Lipinski definition) is 4. The lowest BCUT2D eigenvalue weighted by molar-refractivity contribution is -0.141. The number of rotatable bonds is 6. The van der Waals surface area contributed by atoms with Crippen molar-refractivity contribution in [2.24, 2.45) is 5.90 Å². The number of aromatic nitrogens is 1. The van der Waals surface area contributed by atoms with E-state index in [1.165, 1.54) is 0 Å². The van der Waals surface area contributed by atoms with Crippen LogP contribution in [0.4, 0.5) is 13.2 Å². The van der Waals surface area contributed by atoms with E-state index < -0.39 is 23.8 Å². The highest BCUT2D eigenvalue weighted by atomic mass is 79.9. The van der Waals surface area contributed by atoms with Crippen LogP contribution in [0.1, 0.15) is 32.7 Å². The van der Waals surface area contributed by atoms with E-state index in [-0.39, 0.29) is 16.6 Å². The van der Waals surface area contributed by atoms with Crippen molar-refractivity contribution in [3.63, 3.8) is 0 Å². The van der Waals surface area contributed by atoms with Gasteiger partial charge in [0.2, 0.25) is 0 Å². The van der Waals surface area contributed by atoms with Crippen LogP contribution in [0.5, 0.6) is 0 Å². The topological polar surface area (TPSA) is 77.2 Å². The van der Waals surface area contributed by atoms with E-state index in [1.54, 1.807) is 0 Å². The quantitative estimate of drug-likeness (QED) is 0.664. The second kappa shape index (κ2) is 8.81. The minimum absolute atomic E-state index is 0.00782. The summed E-state index contributed by atoms with van der Waals surface area (Å²) in [4.78, 5) is 20.5. The highest BCUT2D eigenvalue weighted by molar-refractivity contribution is 9.10. The lowest BCUT2D eigenvalue weighted by atomic mass is 9.99. The fraction of sp³-hybridized carbons (Fsp3) is 0.333. The van der Waals surface area contributed by atoms with Crippen molar-refractivity contribution in [2.45, 2.75) is 32.5 Å². The second-order valence-electron chi connectivity index (χ2n) is 6.18. The zero-order valence-corrected chi connectivity index (χ0v) is 16.3. The molecule has 0 bridgehead atoms. The molecule has 27 heavy (non-hydrogen) atoms. The Labute approximate surface area is 163 Å². The molecule has 5 nitrogen and oxygen atoms in total. The van der Waals surface area contributed by atoms with E-state index >= 15 is 0 Å². The Hall–Kier alpha value is -1.97. The van der Waals surface area contributed by atoms with E-state index in [0.717, 1.165) is 22.9 Å². The summed E-state index contributed by atoms with van der Waals surface area (Å²) in [5, 5.41) is 2.67. The standard InChI is InChI=1S/C18H19BrF3N3O2/c1-10-3-4-12(11(2)5-10)6-13(9-27-23)25-17(26)14-7-16(18(20,21)22)24-8-15(14)19/h3-5,7-8,13H,6,9,23H2,1-2H3,(H,25,26). The highest BCUT2D eigenvalue weighted by Crippen LogP contribution is 2.30. The predicted octanol–water partition coefficient (Wildman–Crippen LogP) is 3.71. The molecule has 1 aromatic heterocycles. The van der Waals surface area contributed by atoms with Gasteiger partial charge in [0.1, 0.15) is 5.69 Å². The number of alkyl halides is 3. The van der Waals surface area contributed by atoms with Crippen molar-refractivity contribution in [3.05, 3.63) is 62.9 Å². The summed E-state index contributed by atoms with van der Waals surface area (Å²) in [6.45, 7) is 3.92. The Bertz CT molecular complexity index is 828. The van der Waals surface area contributed by atoms with E-state index in [0.29, 0.717) is 12.5 Å². The van der Waals surface area contributed by atoms with Crippen LogP contribution < -0.4 is 11.2 Å². The summed E-state index contributed by atoms with van der Waals surface area (Å²) >= 11 is 3.07. The average Bonchev–Trinajstić information content (AvgIpc) is 2.56. The molecule has 0 spiro atoms. The van der Waals surface area contributed by atoms with Crippen LogP contribution in [-0.2, 0) is 17.4 Å². The zero-order valence-electron chi connectivity index (χ0n) is 14.7. The van der Waals surface area contributed by atoms with Crippen LogP contribution in [0.15, 0.2) is 34.9 Å². The number of aryl methyl sites for hydroxylation is 2. The number of carbonyl (C=O) groups excluding carboxylic acids is 1. The molecule has 0 saturated heterocycles. The van der Waals surface area contributed by atoms with Crippen molar-refractivity contribution in [1.82, 2.24) is 10.3 Å². The number of hydrogen-bond donors (Lipinski definition) is 2. The molecule has 3 N–H and O–H groups in total. The number of nitrogens with one attached hydrogen (secondary N) is 1. The molecule has 1 heterocycles. The van der Waals surface area contributed by atoms with Crippen LogP contribution in [0.3, 0.4) is 0 Å². The monoisotopic (exact) mass is 445 g/mol. The number of pyridine rings is 1. The first-order chi connectivity index (χ1) is 12.6. The van der Waals surface area contributed by atoms with Gasteiger partial charge in [0.05, 0.1) is 18.2 Å². The third-order valence-corrected chi connectivity index (χ3v) is 4.62. The summed E-state index contributed by atoms with van der Waals surface area (Å²) in [7, 11) is 0. The van der Waals surface area contributed by atoms with Crippen LogP contribution in [0, 0.1) is 13.8 Å². The van der Waals surface area contributed by atoms with Crippen molar-refractivity contribution < 1.29 is 22.8 Å². The molecule has 146 valence electrons. The Morgan fingerprint density at radius 3 is 2.63 bits per heavy atom. The van der Waals surface area contributed by atoms with Gasteiger partial charge in [0.15, 0.2) is 0 Å². The second-order valence-corrected chi connectivity index (χ2v) is 7.04. The summed E-state index contributed by atoms with van der Waals surface area (Å²) in [6.07, 6.45) is -3.27. The molecule has 0 aliphatic heterocycles. The number of amides is 1. The first-order valence-electron chi connectivity index (χ1n) is 8.03. The Morgan fingerprint density at radius 1 is 1.33 bits per heavy atom. The van der Waals surface area contributed by atoms with Crippen LogP contribution in [-0.4, -0.2) is 23.5 Å². The zero-order chi connectivity index (χ0) is 20.2. The molecule has 0 aliphatic rings. The lowest BCUT2D eigenvalue weighted by Gasteiger charge is -2.20. The van der Waals surface area contributed by atoms with Crippen molar-refractivity contribution in [2.75, 3.05) is 6.61 Å². The van der Waals surface area contributed by atoms with Gasteiger partial charge in [0, 0.05) is 10.7 Å². The minimum atomic E-state index is -4.64. The normalized spacial score (nSPS) is 12.7. The van der Waals surface area contributed by atoms with Gasteiger partial charge in [-0.1, -0.05) is 23.8 Å².